The van der Waals surface area contributed by atoms with Crippen molar-refractivity contribution in [2.24, 2.45) is 0 Å². The van der Waals surface area contributed by atoms with Crippen molar-refractivity contribution in [2.45, 2.75) is 19.4 Å². The van der Waals surface area contributed by atoms with Crippen LogP contribution in [0.15, 0.2) is 18.2 Å². The first-order valence-corrected chi connectivity index (χ1v) is 6.84. The molecule has 0 spiro atoms. The summed E-state index contributed by atoms with van der Waals surface area (Å²) in [6, 6.07) is 6.12. The van der Waals surface area contributed by atoms with E-state index in [9.17, 15) is 0 Å². The smallest absolute Gasteiger partial charge is 0.0468 e. The van der Waals surface area contributed by atoms with E-state index in [4.69, 9.17) is 23.2 Å². The van der Waals surface area contributed by atoms with Crippen molar-refractivity contribution < 1.29 is 0 Å². The molecule has 1 atom stereocenters. The summed E-state index contributed by atoms with van der Waals surface area (Å²) < 4.78 is 0. The van der Waals surface area contributed by atoms with Gasteiger partial charge in [-0.25, -0.2) is 0 Å². The minimum Gasteiger partial charge on any atom is -0.315 e. The van der Waals surface area contributed by atoms with Crippen LogP contribution in [0.5, 0.6) is 0 Å². The Morgan fingerprint density at radius 2 is 2.00 bits per heavy atom. The van der Waals surface area contributed by atoms with E-state index in [0.29, 0.717) is 11.1 Å². The SMILES string of the molecule is CC(c1ccc(Cl)cc1Cl)N1CCCNCC1.Cl. The molecule has 1 aliphatic rings. The van der Waals surface area contributed by atoms with Gasteiger partial charge in [0.05, 0.1) is 0 Å². The lowest BCUT2D eigenvalue weighted by molar-refractivity contribution is 0.225. The second-order valence-electron chi connectivity index (χ2n) is 4.48. The van der Waals surface area contributed by atoms with Crippen LogP contribution in [0.25, 0.3) is 0 Å². The molecule has 0 saturated carbocycles. The van der Waals surface area contributed by atoms with E-state index in [1.807, 2.05) is 18.2 Å². The number of nitrogens with one attached hydrogen (secondary N) is 1. The summed E-state index contributed by atoms with van der Waals surface area (Å²) >= 11 is 12.2. The highest BCUT2D eigenvalue weighted by molar-refractivity contribution is 6.35. The number of hydrogen-bond acceptors (Lipinski definition) is 2. The van der Waals surface area contributed by atoms with Crippen molar-refractivity contribution in [1.82, 2.24) is 10.2 Å². The van der Waals surface area contributed by atoms with Crippen molar-refractivity contribution >= 4 is 35.6 Å². The fraction of sp³-hybridized carbons (Fsp3) is 0.538. The molecule has 18 heavy (non-hydrogen) atoms. The zero-order valence-electron chi connectivity index (χ0n) is 10.5. The Bertz CT molecular complexity index is 376. The highest BCUT2D eigenvalue weighted by Gasteiger charge is 2.19. The molecule has 1 unspecified atom stereocenters. The van der Waals surface area contributed by atoms with Gasteiger partial charge in [-0.2, -0.15) is 0 Å². The van der Waals surface area contributed by atoms with Crippen molar-refractivity contribution in [2.75, 3.05) is 26.2 Å². The average molecular weight is 310 g/mol. The van der Waals surface area contributed by atoms with Gasteiger partial charge in [-0.05, 0) is 44.1 Å². The maximum absolute atomic E-state index is 6.26. The number of rotatable bonds is 2. The van der Waals surface area contributed by atoms with E-state index in [2.05, 4.69) is 17.1 Å². The molecule has 1 aromatic rings. The van der Waals surface area contributed by atoms with Crippen LogP contribution < -0.4 is 5.32 Å². The third-order valence-electron chi connectivity index (χ3n) is 3.33. The van der Waals surface area contributed by atoms with Crippen LogP contribution >= 0.6 is 35.6 Å². The summed E-state index contributed by atoms with van der Waals surface area (Å²) in [7, 11) is 0. The van der Waals surface area contributed by atoms with Crippen LogP contribution in [-0.2, 0) is 0 Å². The van der Waals surface area contributed by atoms with E-state index in [1.165, 1.54) is 6.42 Å². The van der Waals surface area contributed by atoms with Crippen molar-refractivity contribution in [1.29, 1.82) is 0 Å². The van der Waals surface area contributed by atoms with Crippen LogP contribution in [-0.4, -0.2) is 31.1 Å². The first-order valence-electron chi connectivity index (χ1n) is 6.08. The maximum Gasteiger partial charge on any atom is 0.0468 e. The van der Waals surface area contributed by atoms with Crippen LogP contribution in [0.3, 0.4) is 0 Å². The van der Waals surface area contributed by atoms with Crippen LogP contribution in [0.1, 0.15) is 24.9 Å². The van der Waals surface area contributed by atoms with Gasteiger partial charge in [0.1, 0.15) is 0 Å². The molecule has 102 valence electrons. The Labute approximate surface area is 125 Å². The Balaban J connectivity index is 0.00000162. The molecule has 0 amide bonds. The number of halogens is 3. The molecular weight excluding hydrogens is 291 g/mol. The minimum atomic E-state index is 0. The number of benzene rings is 1. The van der Waals surface area contributed by atoms with Crippen molar-refractivity contribution in [3.8, 4) is 0 Å². The van der Waals surface area contributed by atoms with E-state index in [0.717, 1.165) is 36.8 Å². The fourth-order valence-electron chi connectivity index (χ4n) is 2.29. The van der Waals surface area contributed by atoms with E-state index < -0.39 is 0 Å². The van der Waals surface area contributed by atoms with Gasteiger partial charge in [-0.3, -0.25) is 4.90 Å². The predicted octanol–water partition coefficient (Wildman–Crippen LogP) is 3.77. The molecule has 0 aliphatic carbocycles. The summed E-state index contributed by atoms with van der Waals surface area (Å²) in [6.45, 7) is 6.56. The van der Waals surface area contributed by atoms with Crippen LogP contribution in [0.2, 0.25) is 10.0 Å². The van der Waals surface area contributed by atoms with Gasteiger partial charge >= 0.3 is 0 Å². The van der Waals surface area contributed by atoms with E-state index in [1.54, 1.807) is 0 Å². The van der Waals surface area contributed by atoms with Gasteiger partial charge < -0.3 is 5.32 Å². The van der Waals surface area contributed by atoms with Gasteiger partial charge in [-0.15, -0.1) is 12.4 Å². The van der Waals surface area contributed by atoms with Crippen molar-refractivity contribution in [3.63, 3.8) is 0 Å². The van der Waals surface area contributed by atoms with E-state index in [-0.39, 0.29) is 12.4 Å². The molecular formula is C13H19Cl3N2. The fourth-order valence-corrected chi connectivity index (χ4v) is 2.86. The van der Waals surface area contributed by atoms with E-state index >= 15 is 0 Å². The maximum atomic E-state index is 6.26. The lowest BCUT2D eigenvalue weighted by Gasteiger charge is -2.28. The van der Waals surface area contributed by atoms with Gasteiger partial charge in [0.2, 0.25) is 0 Å². The lowest BCUT2D eigenvalue weighted by atomic mass is 10.1. The quantitative estimate of drug-likeness (QED) is 0.894. The van der Waals surface area contributed by atoms with Crippen LogP contribution in [0.4, 0.5) is 0 Å². The molecule has 2 rings (SSSR count). The monoisotopic (exact) mass is 308 g/mol. The molecule has 1 fully saturated rings. The molecule has 0 bridgehead atoms. The summed E-state index contributed by atoms with van der Waals surface area (Å²) in [5.74, 6) is 0. The van der Waals surface area contributed by atoms with Gasteiger partial charge in [0.25, 0.3) is 0 Å². The second kappa shape index (κ2) is 7.56. The molecule has 5 heteroatoms. The predicted molar refractivity (Wildman–Crippen MR) is 81.2 cm³/mol. The first-order chi connectivity index (χ1) is 8.18. The zero-order valence-corrected chi connectivity index (χ0v) is 12.8. The topological polar surface area (TPSA) is 15.3 Å². The highest BCUT2D eigenvalue weighted by Crippen LogP contribution is 2.29. The number of nitrogens with zero attached hydrogens (tertiary/aromatic N) is 1. The largest absolute Gasteiger partial charge is 0.315 e. The second-order valence-corrected chi connectivity index (χ2v) is 5.32. The van der Waals surface area contributed by atoms with Crippen molar-refractivity contribution in [3.05, 3.63) is 33.8 Å². The Kier molecular flexibility index (Phi) is 6.75. The summed E-state index contributed by atoms with van der Waals surface area (Å²) in [6.07, 6.45) is 1.19. The third kappa shape index (κ3) is 4.01. The molecule has 0 aromatic heterocycles. The summed E-state index contributed by atoms with van der Waals surface area (Å²) in [5, 5.41) is 4.88. The molecule has 1 aromatic carbocycles. The summed E-state index contributed by atoms with van der Waals surface area (Å²) in [4.78, 5) is 2.47. The molecule has 0 radical (unpaired) electrons. The number of hydrogen-bond donors (Lipinski definition) is 1. The normalized spacial score (nSPS) is 18.8. The van der Waals surface area contributed by atoms with Gasteiger partial charge in [-0.1, -0.05) is 29.3 Å². The Morgan fingerprint density at radius 3 is 2.72 bits per heavy atom. The van der Waals surface area contributed by atoms with Crippen LogP contribution in [0, 0.1) is 0 Å². The standard InChI is InChI=1S/C13H18Cl2N2.ClH/c1-10(17-7-2-5-16-6-8-17)12-4-3-11(14)9-13(12)15;/h3-4,9-10,16H,2,5-8H2,1H3;1H. The summed E-state index contributed by atoms with van der Waals surface area (Å²) in [5.41, 5.74) is 1.16. The molecule has 1 aliphatic heterocycles. The molecule has 1 saturated heterocycles. The molecule has 1 N–H and O–H groups in total. The average Bonchev–Trinajstić information content (AvgIpc) is 2.56. The molecule has 1 heterocycles. The third-order valence-corrected chi connectivity index (χ3v) is 3.90. The van der Waals surface area contributed by atoms with Gasteiger partial charge in [0, 0.05) is 29.2 Å². The first kappa shape index (κ1) is 16.1. The highest BCUT2D eigenvalue weighted by atomic mass is 35.5. The Hall–Kier alpha value is 0.01000. The Morgan fingerprint density at radius 1 is 1.22 bits per heavy atom. The zero-order chi connectivity index (χ0) is 12.3. The van der Waals surface area contributed by atoms with Gasteiger partial charge in [0.15, 0.2) is 0 Å². The minimum absolute atomic E-state index is 0. The molecule has 2 nitrogen and oxygen atoms in total. The lowest BCUT2D eigenvalue weighted by Crippen LogP contribution is -2.30.